The Morgan fingerprint density at radius 3 is 2.60 bits per heavy atom. The van der Waals surface area contributed by atoms with Crippen molar-refractivity contribution in [2.24, 2.45) is 4.99 Å². The van der Waals surface area contributed by atoms with E-state index in [-0.39, 0.29) is 5.82 Å². The summed E-state index contributed by atoms with van der Waals surface area (Å²) in [5.74, 6) is 1.08. The lowest BCUT2D eigenvalue weighted by Gasteiger charge is -2.10. The number of aliphatic imine (C=N–C) groups is 1. The molecule has 2 aromatic carbocycles. The van der Waals surface area contributed by atoms with Crippen molar-refractivity contribution >= 4 is 5.96 Å². The summed E-state index contributed by atoms with van der Waals surface area (Å²) in [6.45, 7) is 0.949. The molecule has 0 saturated carbocycles. The molecule has 0 saturated heterocycles. The van der Waals surface area contributed by atoms with Crippen LogP contribution in [0.3, 0.4) is 0 Å². The highest BCUT2D eigenvalue weighted by Gasteiger charge is 2.07. The maximum atomic E-state index is 13.2. The molecule has 0 unspecified atom stereocenters. The van der Waals surface area contributed by atoms with E-state index in [1.54, 1.807) is 13.1 Å². The van der Waals surface area contributed by atoms with E-state index in [1.165, 1.54) is 12.1 Å². The van der Waals surface area contributed by atoms with Crippen LogP contribution in [0.5, 0.6) is 0 Å². The number of guanidine groups is 1. The molecule has 0 aliphatic rings. The fraction of sp³-hybridized carbons (Fsp3) is 0.158. The Kier molecular flexibility index (Phi) is 5.41. The molecular weight excluding hydrogens is 319 g/mol. The van der Waals surface area contributed by atoms with Gasteiger partial charge in [0.15, 0.2) is 11.7 Å². The third-order valence-electron chi connectivity index (χ3n) is 3.63. The van der Waals surface area contributed by atoms with Gasteiger partial charge in [0.1, 0.15) is 11.5 Å². The van der Waals surface area contributed by atoms with Crippen molar-refractivity contribution in [2.75, 3.05) is 7.05 Å². The molecule has 0 amide bonds. The molecule has 3 aromatic rings. The van der Waals surface area contributed by atoms with Gasteiger partial charge in [0.2, 0.25) is 0 Å². The first-order chi connectivity index (χ1) is 12.2. The zero-order valence-electron chi connectivity index (χ0n) is 13.9. The lowest BCUT2D eigenvalue weighted by molar-refractivity contribution is 0.422. The van der Waals surface area contributed by atoms with E-state index >= 15 is 0 Å². The highest BCUT2D eigenvalue weighted by molar-refractivity contribution is 5.79. The summed E-state index contributed by atoms with van der Waals surface area (Å²) in [4.78, 5) is 4.15. The third-order valence-corrected chi connectivity index (χ3v) is 3.63. The van der Waals surface area contributed by atoms with Crippen LogP contribution in [0, 0.1) is 5.82 Å². The molecule has 25 heavy (non-hydrogen) atoms. The average Bonchev–Trinajstić information content (AvgIpc) is 3.12. The second-order valence-corrected chi connectivity index (χ2v) is 5.46. The molecule has 128 valence electrons. The summed E-state index contributed by atoms with van der Waals surface area (Å²) >= 11 is 0. The van der Waals surface area contributed by atoms with Crippen LogP contribution in [0.1, 0.15) is 11.3 Å². The molecule has 0 bridgehead atoms. The second-order valence-electron chi connectivity index (χ2n) is 5.46. The quantitative estimate of drug-likeness (QED) is 0.553. The monoisotopic (exact) mass is 338 g/mol. The maximum Gasteiger partial charge on any atom is 0.191 e. The molecule has 0 aliphatic heterocycles. The fourth-order valence-corrected chi connectivity index (χ4v) is 2.36. The van der Waals surface area contributed by atoms with Gasteiger partial charge in [-0.05, 0) is 17.7 Å². The van der Waals surface area contributed by atoms with Crippen LogP contribution in [0.15, 0.2) is 70.2 Å². The normalized spacial score (nSPS) is 11.4. The van der Waals surface area contributed by atoms with Gasteiger partial charge in [0.25, 0.3) is 0 Å². The van der Waals surface area contributed by atoms with Gasteiger partial charge in [-0.25, -0.2) is 4.39 Å². The first-order valence-electron chi connectivity index (χ1n) is 7.94. The molecule has 0 fully saturated rings. The molecule has 0 spiro atoms. The Labute approximate surface area is 145 Å². The van der Waals surface area contributed by atoms with Gasteiger partial charge in [-0.2, -0.15) is 0 Å². The van der Waals surface area contributed by atoms with Crippen molar-refractivity contribution in [3.8, 4) is 11.3 Å². The number of benzene rings is 2. The first-order valence-corrected chi connectivity index (χ1v) is 7.94. The predicted molar refractivity (Wildman–Crippen MR) is 95.4 cm³/mol. The maximum absolute atomic E-state index is 13.2. The van der Waals surface area contributed by atoms with Gasteiger partial charge in [0, 0.05) is 25.2 Å². The van der Waals surface area contributed by atoms with Crippen LogP contribution >= 0.6 is 0 Å². The Hall–Kier alpha value is -3.15. The smallest absolute Gasteiger partial charge is 0.191 e. The van der Waals surface area contributed by atoms with E-state index in [2.05, 4.69) is 20.8 Å². The Morgan fingerprint density at radius 1 is 1.04 bits per heavy atom. The van der Waals surface area contributed by atoms with Crippen molar-refractivity contribution < 1.29 is 8.91 Å². The molecule has 2 N–H and O–H groups in total. The molecule has 0 atom stereocenters. The van der Waals surface area contributed by atoms with Crippen LogP contribution in [0.25, 0.3) is 11.3 Å². The minimum absolute atomic E-state index is 0.252. The van der Waals surface area contributed by atoms with Crippen LogP contribution in [0.4, 0.5) is 4.39 Å². The number of hydrogen-bond acceptors (Lipinski definition) is 3. The van der Waals surface area contributed by atoms with Crippen molar-refractivity contribution in [1.82, 2.24) is 15.8 Å². The SMILES string of the molecule is CN=C(NCc1cccc(F)c1)NCc1cc(-c2ccccc2)on1. The summed E-state index contributed by atoms with van der Waals surface area (Å²) in [6, 6.07) is 18.1. The van der Waals surface area contributed by atoms with Crippen LogP contribution in [0.2, 0.25) is 0 Å². The van der Waals surface area contributed by atoms with E-state index < -0.39 is 0 Å². The standard InChI is InChI=1S/C19H19FN4O/c1-21-19(22-12-14-6-5-9-16(20)10-14)23-13-17-11-18(25-24-17)15-7-3-2-4-8-15/h2-11H,12-13H2,1H3,(H2,21,22,23). The zero-order valence-corrected chi connectivity index (χ0v) is 13.9. The molecule has 0 radical (unpaired) electrons. The average molecular weight is 338 g/mol. The van der Waals surface area contributed by atoms with E-state index in [9.17, 15) is 4.39 Å². The third kappa shape index (κ3) is 4.67. The fourth-order valence-electron chi connectivity index (χ4n) is 2.36. The molecule has 1 aromatic heterocycles. The van der Waals surface area contributed by atoms with Gasteiger partial charge in [-0.3, -0.25) is 4.99 Å². The van der Waals surface area contributed by atoms with Crippen LogP contribution in [-0.2, 0) is 13.1 Å². The molecular formula is C19H19FN4O. The van der Waals surface area contributed by atoms with Gasteiger partial charge in [0.05, 0.1) is 6.54 Å². The lowest BCUT2D eigenvalue weighted by Crippen LogP contribution is -2.36. The minimum Gasteiger partial charge on any atom is -0.356 e. The largest absolute Gasteiger partial charge is 0.356 e. The molecule has 6 heteroatoms. The Morgan fingerprint density at radius 2 is 1.84 bits per heavy atom. The van der Waals surface area contributed by atoms with Crippen molar-refractivity contribution in [3.05, 3.63) is 77.7 Å². The molecule has 0 aliphatic carbocycles. The van der Waals surface area contributed by atoms with E-state index in [1.807, 2.05) is 42.5 Å². The number of rotatable bonds is 5. The lowest BCUT2D eigenvalue weighted by atomic mass is 10.2. The zero-order chi connectivity index (χ0) is 17.5. The van der Waals surface area contributed by atoms with Gasteiger partial charge >= 0.3 is 0 Å². The van der Waals surface area contributed by atoms with E-state index in [0.717, 1.165) is 22.6 Å². The summed E-state index contributed by atoms with van der Waals surface area (Å²) in [6.07, 6.45) is 0. The number of nitrogens with one attached hydrogen (secondary N) is 2. The minimum atomic E-state index is -0.252. The molecule has 3 rings (SSSR count). The second kappa shape index (κ2) is 8.10. The highest BCUT2D eigenvalue weighted by atomic mass is 19.1. The van der Waals surface area contributed by atoms with Crippen molar-refractivity contribution in [2.45, 2.75) is 13.1 Å². The van der Waals surface area contributed by atoms with Crippen LogP contribution < -0.4 is 10.6 Å². The molecule has 1 heterocycles. The topological polar surface area (TPSA) is 62.5 Å². The van der Waals surface area contributed by atoms with Crippen LogP contribution in [-0.4, -0.2) is 18.2 Å². The van der Waals surface area contributed by atoms with Crippen molar-refractivity contribution in [1.29, 1.82) is 0 Å². The summed E-state index contributed by atoms with van der Waals surface area (Å²) < 4.78 is 18.6. The molecule has 5 nitrogen and oxygen atoms in total. The number of nitrogens with zero attached hydrogens (tertiary/aromatic N) is 2. The summed E-state index contributed by atoms with van der Waals surface area (Å²) in [7, 11) is 1.68. The van der Waals surface area contributed by atoms with E-state index in [4.69, 9.17) is 4.52 Å². The van der Waals surface area contributed by atoms with Gasteiger partial charge in [-0.15, -0.1) is 0 Å². The van der Waals surface area contributed by atoms with E-state index in [0.29, 0.717) is 19.0 Å². The summed E-state index contributed by atoms with van der Waals surface area (Å²) in [5, 5.41) is 10.4. The summed E-state index contributed by atoms with van der Waals surface area (Å²) in [5.41, 5.74) is 2.60. The number of hydrogen-bond donors (Lipinski definition) is 2. The van der Waals surface area contributed by atoms with Gasteiger partial charge < -0.3 is 15.2 Å². The van der Waals surface area contributed by atoms with Crippen molar-refractivity contribution in [3.63, 3.8) is 0 Å². The Balaban J connectivity index is 1.54. The predicted octanol–water partition coefficient (Wildman–Crippen LogP) is 3.35. The Bertz CT molecular complexity index is 845. The number of aromatic nitrogens is 1. The number of halogens is 1. The first kappa shape index (κ1) is 16.7. The highest BCUT2D eigenvalue weighted by Crippen LogP contribution is 2.19. The van der Waals surface area contributed by atoms with Gasteiger partial charge in [-0.1, -0.05) is 47.6 Å².